The van der Waals surface area contributed by atoms with E-state index in [4.69, 9.17) is 63.2 Å². The molecule has 0 saturated carbocycles. The topological polar surface area (TPSA) is 315 Å². The van der Waals surface area contributed by atoms with E-state index in [9.17, 15) is 0 Å². The van der Waals surface area contributed by atoms with Gasteiger partial charge in [0, 0.05) is 0 Å². The monoisotopic (exact) mass is 415 g/mol. The molecule has 0 saturated heterocycles. The van der Waals surface area contributed by atoms with Crippen molar-refractivity contribution in [3.63, 3.8) is 0 Å². The Bertz CT molecular complexity index is 379. The van der Waals surface area contributed by atoms with Crippen LogP contribution in [0, 0.1) is 46.0 Å². The second-order valence-corrected chi connectivity index (χ2v) is 2.08. The average molecular weight is 415 g/mol. The Morgan fingerprint density at radius 2 is 0.682 bits per heavy atom. The van der Waals surface area contributed by atoms with Gasteiger partial charge in [-0.2, -0.15) is 15.0 Å². The fraction of sp³-hybridized carbons (Fsp3) is 0. The second-order valence-electron chi connectivity index (χ2n) is 2.08. The molecule has 6 N–H and O–H groups in total. The SMILES string of the molecule is Nc1nc(N)nc(N)n1.O=[N+]([O-])[O-].O=[N+]([O-])[O-].O=[N+]([O-])[O-].[Rh+3]. The summed E-state index contributed by atoms with van der Waals surface area (Å²) < 4.78 is 0. The fourth-order valence-corrected chi connectivity index (χ4v) is 0.427. The molecule has 0 aliphatic carbocycles. The largest absolute Gasteiger partial charge is 3.00 e. The summed E-state index contributed by atoms with van der Waals surface area (Å²) in [7, 11) is 0. The number of hydrogen-bond acceptors (Lipinski definition) is 15. The van der Waals surface area contributed by atoms with Crippen LogP contribution >= 0.6 is 0 Å². The third kappa shape index (κ3) is 54.5. The van der Waals surface area contributed by atoms with Gasteiger partial charge < -0.3 is 63.2 Å². The summed E-state index contributed by atoms with van der Waals surface area (Å²) in [4.78, 5) is 35.2. The second kappa shape index (κ2) is 15.7. The minimum absolute atomic E-state index is 0. The molecule has 0 amide bonds. The molecule has 0 aliphatic heterocycles. The number of hydrogen-bond donors (Lipinski definition) is 3. The standard InChI is InChI=1S/C3H6N6.3NO3.Rh/c4-1-7-2(5)9-3(6)8-1;3*2-1(3)4;/h(H6,4,5,6,7,8,9);;;;/q;3*-1;+3. The van der Waals surface area contributed by atoms with Gasteiger partial charge in [-0.1, -0.05) is 0 Å². The summed E-state index contributed by atoms with van der Waals surface area (Å²) in [6.07, 6.45) is 0. The molecule has 18 nitrogen and oxygen atoms in total. The van der Waals surface area contributed by atoms with Gasteiger partial charge in [-0.15, -0.1) is 0 Å². The van der Waals surface area contributed by atoms with Crippen molar-refractivity contribution in [1.29, 1.82) is 0 Å². The molecule has 0 radical (unpaired) electrons. The third-order valence-electron chi connectivity index (χ3n) is 0.687. The van der Waals surface area contributed by atoms with Crippen molar-refractivity contribution >= 4 is 17.8 Å². The van der Waals surface area contributed by atoms with E-state index in [1.54, 1.807) is 0 Å². The molecule has 0 bridgehead atoms. The van der Waals surface area contributed by atoms with Gasteiger partial charge in [0.05, 0.1) is 15.3 Å². The van der Waals surface area contributed by atoms with Crippen LogP contribution in [0.15, 0.2) is 0 Å². The van der Waals surface area contributed by atoms with E-state index < -0.39 is 15.3 Å². The fourth-order valence-electron chi connectivity index (χ4n) is 0.427. The van der Waals surface area contributed by atoms with Crippen LogP contribution in [0.2, 0.25) is 0 Å². The van der Waals surface area contributed by atoms with Gasteiger partial charge >= 0.3 is 19.5 Å². The molecule has 22 heavy (non-hydrogen) atoms. The minimum Gasteiger partial charge on any atom is -0.368 e. The molecule has 0 aromatic carbocycles. The van der Waals surface area contributed by atoms with Crippen molar-refractivity contribution in [2.24, 2.45) is 0 Å². The average Bonchev–Trinajstić information content (AvgIpc) is 2.10. The Kier molecular flexibility index (Phi) is 19.3. The predicted molar refractivity (Wildman–Crippen MR) is 64.1 cm³/mol. The minimum atomic E-state index is -1.75. The Morgan fingerprint density at radius 3 is 0.773 bits per heavy atom. The maximum Gasteiger partial charge on any atom is 3.00 e. The first-order chi connectivity index (χ1) is 9.38. The zero-order chi connectivity index (χ0) is 17.6. The van der Waals surface area contributed by atoms with E-state index in [-0.39, 0.29) is 37.3 Å². The Hall–Kier alpha value is -3.37. The van der Waals surface area contributed by atoms with Gasteiger partial charge in [0.1, 0.15) is 0 Å². The summed E-state index contributed by atoms with van der Waals surface area (Å²) in [5, 5.41) is 44.2. The normalized spacial score (nSPS) is 7.09. The number of rotatable bonds is 0. The quantitative estimate of drug-likeness (QED) is 0.232. The van der Waals surface area contributed by atoms with Crippen LogP contribution in [-0.4, -0.2) is 30.2 Å². The van der Waals surface area contributed by atoms with Crippen molar-refractivity contribution in [3.8, 4) is 0 Å². The summed E-state index contributed by atoms with van der Waals surface area (Å²) >= 11 is 0. The Balaban J connectivity index is -0.000000107. The van der Waals surface area contributed by atoms with Gasteiger partial charge in [0.2, 0.25) is 17.8 Å². The maximum atomic E-state index is 8.25. The van der Waals surface area contributed by atoms with Gasteiger partial charge in [0.15, 0.2) is 0 Å². The van der Waals surface area contributed by atoms with Crippen LogP contribution in [0.3, 0.4) is 0 Å². The molecule has 0 atom stereocenters. The first kappa shape index (κ1) is 27.1. The molecule has 1 heterocycles. The van der Waals surface area contributed by atoms with Crippen LogP contribution in [0.5, 0.6) is 0 Å². The molecular weight excluding hydrogens is 409 g/mol. The van der Waals surface area contributed by atoms with Gasteiger partial charge in [0.25, 0.3) is 0 Å². The molecule has 126 valence electrons. The zero-order valence-electron chi connectivity index (χ0n) is 9.92. The van der Waals surface area contributed by atoms with E-state index >= 15 is 0 Å². The third-order valence-corrected chi connectivity index (χ3v) is 0.687. The molecule has 0 aliphatic rings. The van der Waals surface area contributed by atoms with E-state index in [2.05, 4.69) is 15.0 Å². The zero-order valence-corrected chi connectivity index (χ0v) is 11.6. The number of nitrogens with zero attached hydrogens (tertiary/aromatic N) is 6. The number of nitrogen functional groups attached to an aromatic ring is 3. The summed E-state index contributed by atoms with van der Waals surface area (Å²) in [6.45, 7) is 0. The van der Waals surface area contributed by atoms with Crippen LogP contribution in [0.1, 0.15) is 0 Å². The first-order valence-corrected chi connectivity index (χ1v) is 3.85. The van der Waals surface area contributed by atoms with E-state index in [0.717, 1.165) is 0 Å². The Labute approximate surface area is 131 Å². The van der Waals surface area contributed by atoms with Crippen molar-refractivity contribution < 1.29 is 34.7 Å². The smallest absolute Gasteiger partial charge is 0.368 e. The molecule has 1 aromatic rings. The van der Waals surface area contributed by atoms with Crippen LogP contribution in [-0.2, 0) is 19.5 Å². The first-order valence-electron chi connectivity index (χ1n) is 3.85. The summed E-state index contributed by atoms with van der Waals surface area (Å²) in [6, 6.07) is 0. The van der Waals surface area contributed by atoms with E-state index in [1.807, 2.05) is 0 Å². The van der Waals surface area contributed by atoms with Crippen molar-refractivity contribution in [3.05, 3.63) is 46.0 Å². The number of nitrogens with two attached hydrogens (primary N) is 3. The number of anilines is 3. The molecule has 0 fully saturated rings. The van der Waals surface area contributed by atoms with Gasteiger partial charge in [-0.3, -0.25) is 0 Å². The number of aromatic nitrogens is 3. The van der Waals surface area contributed by atoms with Crippen LogP contribution in [0.4, 0.5) is 17.8 Å². The predicted octanol–water partition coefficient (Wildman–Crippen LogP) is -2.10. The van der Waals surface area contributed by atoms with Crippen molar-refractivity contribution in [2.45, 2.75) is 0 Å². The molecular formula is C3H6N9O9Rh. The van der Waals surface area contributed by atoms with Crippen molar-refractivity contribution in [2.75, 3.05) is 17.2 Å². The van der Waals surface area contributed by atoms with Crippen LogP contribution < -0.4 is 17.2 Å². The molecule has 0 spiro atoms. The Morgan fingerprint density at radius 1 is 0.591 bits per heavy atom. The van der Waals surface area contributed by atoms with Gasteiger partial charge in [-0.25, -0.2) is 0 Å². The molecule has 1 rings (SSSR count). The summed E-state index contributed by atoms with van der Waals surface area (Å²) in [5.41, 5.74) is 15.4. The maximum absolute atomic E-state index is 8.25. The van der Waals surface area contributed by atoms with Crippen molar-refractivity contribution in [1.82, 2.24) is 15.0 Å². The van der Waals surface area contributed by atoms with Crippen LogP contribution in [0.25, 0.3) is 0 Å². The van der Waals surface area contributed by atoms with Gasteiger partial charge in [-0.05, 0) is 0 Å². The molecule has 19 heteroatoms. The molecule has 0 unspecified atom stereocenters. The van der Waals surface area contributed by atoms with E-state index in [1.165, 1.54) is 0 Å². The van der Waals surface area contributed by atoms with E-state index in [0.29, 0.717) is 0 Å². The molecule has 1 aromatic heterocycles. The summed E-state index contributed by atoms with van der Waals surface area (Å²) in [5.74, 6) is 0.125.